The first-order valence-electron chi connectivity index (χ1n) is 5.60. The van der Waals surface area contributed by atoms with Crippen LogP contribution in [-0.2, 0) is 0 Å². The molecule has 1 atom stereocenters. The Morgan fingerprint density at radius 3 is 2.94 bits per heavy atom. The van der Waals surface area contributed by atoms with E-state index < -0.39 is 0 Å². The van der Waals surface area contributed by atoms with Crippen LogP contribution in [0.25, 0.3) is 0 Å². The minimum atomic E-state index is 0.376. The molecule has 92 valence electrons. The smallest absolute Gasteiger partial charge is 0.106 e. The Bertz CT molecular complexity index is 436. The number of nitrogens with one attached hydrogen (secondary N) is 1. The van der Waals surface area contributed by atoms with E-state index in [0.29, 0.717) is 16.1 Å². The molecular weight excluding hydrogens is 254 g/mol. The van der Waals surface area contributed by atoms with Gasteiger partial charge in [-0.3, -0.25) is 0 Å². The highest BCUT2D eigenvalue weighted by molar-refractivity contribution is 7.80. The van der Waals surface area contributed by atoms with Crippen LogP contribution in [0.4, 0.5) is 5.69 Å². The molecule has 0 bridgehead atoms. The second-order valence-electron chi connectivity index (χ2n) is 4.45. The summed E-state index contributed by atoms with van der Waals surface area (Å²) in [6.07, 6.45) is 1.13. The Hall–Kier alpha value is -0.840. The summed E-state index contributed by atoms with van der Waals surface area (Å²) in [5.74, 6) is 0. The van der Waals surface area contributed by atoms with Crippen LogP contribution in [0, 0.1) is 0 Å². The monoisotopic (exact) mass is 269 g/mol. The number of hydrogen-bond acceptors (Lipinski definition) is 3. The third-order valence-corrected chi connectivity index (χ3v) is 3.45. The van der Waals surface area contributed by atoms with Gasteiger partial charge in [-0.25, -0.2) is 0 Å². The maximum Gasteiger partial charge on any atom is 0.106 e. The molecule has 0 radical (unpaired) electrons. The van der Waals surface area contributed by atoms with Crippen LogP contribution in [-0.4, -0.2) is 36.1 Å². The highest BCUT2D eigenvalue weighted by atomic mass is 35.5. The molecule has 1 aromatic carbocycles. The van der Waals surface area contributed by atoms with E-state index in [0.717, 1.165) is 30.8 Å². The van der Waals surface area contributed by atoms with Crippen LogP contribution < -0.4 is 11.1 Å². The lowest BCUT2D eigenvalue weighted by molar-refractivity contribution is 0.414. The zero-order valence-corrected chi connectivity index (χ0v) is 11.3. The molecule has 3 N–H and O–H groups in total. The van der Waals surface area contributed by atoms with Crippen LogP contribution in [0.15, 0.2) is 18.2 Å². The summed E-state index contributed by atoms with van der Waals surface area (Å²) in [4.78, 5) is 2.68. The first-order valence-corrected chi connectivity index (χ1v) is 6.39. The predicted octanol–water partition coefficient (Wildman–Crippen LogP) is 2.09. The number of nitrogens with zero attached hydrogens (tertiary/aromatic N) is 1. The normalized spacial score (nSPS) is 20.5. The molecule has 1 unspecified atom stereocenters. The minimum absolute atomic E-state index is 0.376. The standard InChI is InChI=1S/C12H16ClN3S/c1-16-5-4-9(7-16)15-11-3-2-8(13)6-10(11)12(14)17/h2-3,6,9,15H,4-5,7H2,1H3,(H2,14,17). The second kappa shape index (κ2) is 5.21. The van der Waals surface area contributed by atoms with Gasteiger partial charge < -0.3 is 16.0 Å². The first kappa shape index (κ1) is 12.6. The summed E-state index contributed by atoms with van der Waals surface area (Å²) < 4.78 is 0. The van der Waals surface area contributed by atoms with Crippen LogP contribution in [0.1, 0.15) is 12.0 Å². The van der Waals surface area contributed by atoms with Crippen molar-refractivity contribution in [2.45, 2.75) is 12.5 Å². The van der Waals surface area contributed by atoms with Crippen molar-refractivity contribution in [3.63, 3.8) is 0 Å². The molecular formula is C12H16ClN3S. The lowest BCUT2D eigenvalue weighted by atomic mass is 10.1. The molecule has 17 heavy (non-hydrogen) atoms. The van der Waals surface area contributed by atoms with Gasteiger partial charge >= 0.3 is 0 Å². The maximum atomic E-state index is 5.95. The lowest BCUT2D eigenvalue weighted by Crippen LogP contribution is -2.25. The van der Waals surface area contributed by atoms with Gasteiger partial charge in [0.1, 0.15) is 4.99 Å². The molecule has 2 rings (SSSR count). The zero-order valence-electron chi connectivity index (χ0n) is 9.74. The summed E-state index contributed by atoms with van der Waals surface area (Å²) in [6, 6.07) is 6.05. The summed E-state index contributed by atoms with van der Waals surface area (Å²) in [6.45, 7) is 2.16. The van der Waals surface area contributed by atoms with E-state index in [2.05, 4.69) is 17.3 Å². The fourth-order valence-corrected chi connectivity index (χ4v) is 2.46. The quantitative estimate of drug-likeness (QED) is 0.825. The van der Waals surface area contributed by atoms with E-state index in [9.17, 15) is 0 Å². The third kappa shape index (κ3) is 3.09. The van der Waals surface area contributed by atoms with Crippen LogP contribution >= 0.6 is 23.8 Å². The number of halogens is 1. The van der Waals surface area contributed by atoms with Gasteiger partial charge in [0.2, 0.25) is 0 Å². The van der Waals surface area contributed by atoms with Crippen LogP contribution in [0.3, 0.4) is 0 Å². The van der Waals surface area contributed by atoms with E-state index >= 15 is 0 Å². The molecule has 1 fully saturated rings. The molecule has 5 heteroatoms. The molecule has 1 saturated heterocycles. The number of likely N-dealkylation sites (N-methyl/N-ethyl adjacent to an activating group) is 1. The zero-order chi connectivity index (χ0) is 12.4. The fraction of sp³-hybridized carbons (Fsp3) is 0.417. The number of thiocarbonyl (C=S) groups is 1. The maximum absolute atomic E-state index is 5.95. The highest BCUT2D eigenvalue weighted by Crippen LogP contribution is 2.23. The van der Waals surface area contributed by atoms with Crippen LogP contribution in [0.2, 0.25) is 5.02 Å². The highest BCUT2D eigenvalue weighted by Gasteiger charge is 2.20. The topological polar surface area (TPSA) is 41.3 Å². The van der Waals surface area contributed by atoms with Crippen molar-refractivity contribution >= 4 is 34.5 Å². The summed E-state index contributed by atoms with van der Waals surface area (Å²) >= 11 is 11.0. The number of hydrogen-bond donors (Lipinski definition) is 2. The molecule has 0 aliphatic carbocycles. The summed E-state index contributed by atoms with van der Waals surface area (Å²) in [7, 11) is 2.12. The van der Waals surface area contributed by atoms with E-state index in [-0.39, 0.29) is 0 Å². The molecule has 0 amide bonds. The number of benzene rings is 1. The van der Waals surface area contributed by atoms with E-state index in [4.69, 9.17) is 29.6 Å². The van der Waals surface area contributed by atoms with Crippen molar-refractivity contribution in [3.05, 3.63) is 28.8 Å². The molecule has 1 aliphatic heterocycles. The number of rotatable bonds is 3. The average Bonchev–Trinajstić information content (AvgIpc) is 2.66. The van der Waals surface area contributed by atoms with Crippen molar-refractivity contribution in [3.8, 4) is 0 Å². The third-order valence-electron chi connectivity index (χ3n) is 3.00. The SMILES string of the molecule is CN1CCC(Nc2ccc(Cl)cc2C(N)=S)C1. The Morgan fingerprint density at radius 1 is 1.59 bits per heavy atom. The molecule has 0 spiro atoms. The number of anilines is 1. The summed E-state index contributed by atoms with van der Waals surface area (Å²) in [5.41, 5.74) is 7.50. The van der Waals surface area contributed by atoms with E-state index in [1.165, 1.54) is 0 Å². The first-order chi connectivity index (χ1) is 8.06. The van der Waals surface area contributed by atoms with Gasteiger partial charge in [-0.1, -0.05) is 23.8 Å². The van der Waals surface area contributed by atoms with Crippen molar-refractivity contribution in [1.29, 1.82) is 0 Å². The van der Waals surface area contributed by atoms with E-state index in [1.807, 2.05) is 18.2 Å². The molecule has 1 heterocycles. The Morgan fingerprint density at radius 2 is 2.35 bits per heavy atom. The van der Waals surface area contributed by atoms with Gasteiger partial charge in [0.05, 0.1) is 0 Å². The average molecular weight is 270 g/mol. The molecule has 1 aromatic rings. The molecule has 1 aliphatic rings. The minimum Gasteiger partial charge on any atom is -0.389 e. The van der Waals surface area contributed by atoms with Crippen molar-refractivity contribution in [1.82, 2.24) is 4.90 Å². The van der Waals surface area contributed by atoms with Crippen molar-refractivity contribution in [2.75, 3.05) is 25.5 Å². The Balaban J connectivity index is 2.17. The van der Waals surface area contributed by atoms with Gasteiger partial charge in [0, 0.05) is 28.9 Å². The van der Waals surface area contributed by atoms with Gasteiger partial charge in [0.25, 0.3) is 0 Å². The Kier molecular flexibility index (Phi) is 3.86. The van der Waals surface area contributed by atoms with Crippen molar-refractivity contribution < 1.29 is 0 Å². The molecule has 3 nitrogen and oxygen atoms in total. The van der Waals surface area contributed by atoms with Gasteiger partial charge in [-0.05, 0) is 38.2 Å². The van der Waals surface area contributed by atoms with Gasteiger partial charge in [-0.2, -0.15) is 0 Å². The fourth-order valence-electron chi connectivity index (χ4n) is 2.12. The number of nitrogens with two attached hydrogens (primary N) is 1. The lowest BCUT2D eigenvalue weighted by Gasteiger charge is -2.17. The molecule has 0 saturated carbocycles. The van der Waals surface area contributed by atoms with Gasteiger partial charge in [-0.15, -0.1) is 0 Å². The van der Waals surface area contributed by atoms with Crippen molar-refractivity contribution in [2.24, 2.45) is 5.73 Å². The second-order valence-corrected chi connectivity index (χ2v) is 5.32. The molecule has 0 aromatic heterocycles. The van der Waals surface area contributed by atoms with Crippen LogP contribution in [0.5, 0.6) is 0 Å². The van der Waals surface area contributed by atoms with Gasteiger partial charge in [0.15, 0.2) is 0 Å². The summed E-state index contributed by atoms with van der Waals surface area (Å²) in [5, 5.41) is 4.14. The Labute approximate surface area is 112 Å². The predicted molar refractivity (Wildman–Crippen MR) is 76.9 cm³/mol. The largest absolute Gasteiger partial charge is 0.389 e. The van der Waals surface area contributed by atoms with E-state index in [1.54, 1.807) is 0 Å². The number of likely N-dealkylation sites (tertiary alicyclic amines) is 1.